The fourth-order valence-electron chi connectivity index (χ4n) is 2.65. The average molecular weight is 303 g/mol. The Hall–Kier alpha value is -1.88. The zero-order valence-electron chi connectivity index (χ0n) is 13.2. The molecule has 1 saturated heterocycles. The maximum absolute atomic E-state index is 11.9. The number of nitrogens with one attached hydrogen (secondary N) is 3. The van der Waals surface area contributed by atoms with Crippen LogP contribution in [-0.2, 0) is 4.79 Å². The van der Waals surface area contributed by atoms with Crippen LogP contribution in [-0.4, -0.2) is 38.0 Å². The summed E-state index contributed by atoms with van der Waals surface area (Å²) in [6, 6.07) is 7.46. The van der Waals surface area contributed by atoms with Crippen LogP contribution in [0.3, 0.4) is 0 Å². The molecule has 3 N–H and O–H groups in total. The highest BCUT2D eigenvalue weighted by molar-refractivity contribution is 5.94. The minimum Gasteiger partial charge on any atom is -0.354 e. The number of carbonyl (C=O) groups excluding carboxylic acids is 2. The lowest BCUT2D eigenvalue weighted by atomic mass is 10.0. The van der Waals surface area contributed by atoms with Gasteiger partial charge in [-0.15, -0.1) is 0 Å². The zero-order chi connectivity index (χ0) is 15.8. The number of aryl methyl sites for hydroxylation is 1. The highest BCUT2D eigenvalue weighted by Crippen LogP contribution is 2.13. The van der Waals surface area contributed by atoms with Crippen LogP contribution < -0.4 is 16.0 Å². The fourth-order valence-corrected chi connectivity index (χ4v) is 2.65. The SMILES string of the molecule is Cc1cccc(C(=O)NCCNC(=O)CCC2CCNC2)c1. The summed E-state index contributed by atoms with van der Waals surface area (Å²) in [6.45, 7) is 4.97. The smallest absolute Gasteiger partial charge is 0.251 e. The lowest BCUT2D eigenvalue weighted by Crippen LogP contribution is -2.34. The Balaban J connectivity index is 1.58. The van der Waals surface area contributed by atoms with Gasteiger partial charge in [0.1, 0.15) is 0 Å². The number of hydrogen-bond acceptors (Lipinski definition) is 3. The Morgan fingerprint density at radius 3 is 2.82 bits per heavy atom. The van der Waals surface area contributed by atoms with E-state index in [0.29, 0.717) is 31.0 Å². The lowest BCUT2D eigenvalue weighted by Gasteiger charge is -2.09. The molecule has 1 fully saturated rings. The molecule has 1 aromatic carbocycles. The van der Waals surface area contributed by atoms with Gasteiger partial charge in [0.05, 0.1) is 0 Å². The molecule has 1 aliphatic heterocycles. The molecular weight excluding hydrogens is 278 g/mol. The summed E-state index contributed by atoms with van der Waals surface area (Å²) in [4.78, 5) is 23.6. The van der Waals surface area contributed by atoms with Crippen molar-refractivity contribution in [3.63, 3.8) is 0 Å². The summed E-state index contributed by atoms with van der Waals surface area (Å²) in [5.74, 6) is 0.596. The van der Waals surface area contributed by atoms with Gasteiger partial charge in [0.2, 0.25) is 5.91 Å². The van der Waals surface area contributed by atoms with Gasteiger partial charge in [-0.25, -0.2) is 0 Å². The van der Waals surface area contributed by atoms with Gasteiger partial charge in [-0.2, -0.15) is 0 Å². The van der Waals surface area contributed by atoms with Gasteiger partial charge in [0.15, 0.2) is 0 Å². The highest BCUT2D eigenvalue weighted by Gasteiger charge is 2.15. The van der Waals surface area contributed by atoms with Crippen LogP contribution in [0.2, 0.25) is 0 Å². The molecule has 22 heavy (non-hydrogen) atoms. The standard InChI is InChI=1S/C17H25N3O2/c1-13-3-2-4-15(11-13)17(22)20-10-9-19-16(21)6-5-14-7-8-18-12-14/h2-4,11,14,18H,5-10,12H2,1H3,(H,19,21)(H,20,22). The molecule has 0 radical (unpaired) electrons. The third kappa shape index (κ3) is 5.48. The van der Waals surface area contributed by atoms with Crippen LogP contribution >= 0.6 is 0 Å². The van der Waals surface area contributed by atoms with Crippen molar-refractivity contribution in [3.05, 3.63) is 35.4 Å². The van der Waals surface area contributed by atoms with Crippen molar-refractivity contribution in [1.29, 1.82) is 0 Å². The van der Waals surface area contributed by atoms with Crippen LogP contribution in [0.15, 0.2) is 24.3 Å². The first-order valence-corrected chi connectivity index (χ1v) is 7.97. The van der Waals surface area contributed by atoms with Crippen molar-refractivity contribution >= 4 is 11.8 Å². The third-order valence-corrected chi connectivity index (χ3v) is 3.96. The van der Waals surface area contributed by atoms with Crippen LogP contribution in [0, 0.1) is 12.8 Å². The van der Waals surface area contributed by atoms with E-state index in [9.17, 15) is 9.59 Å². The third-order valence-electron chi connectivity index (χ3n) is 3.96. The van der Waals surface area contributed by atoms with E-state index in [1.54, 1.807) is 6.07 Å². The minimum absolute atomic E-state index is 0.0664. The van der Waals surface area contributed by atoms with Gasteiger partial charge in [-0.1, -0.05) is 17.7 Å². The summed E-state index contributed by atoms with van der Waals surface area (Å²) < 4.78 is 0. The molecule has 0 saturated carbocycles. The molecule has 0 bridgehead atoms. The van der Waals surface area contributed by atoms with Crippen LogP contribution in [0.4, 0.5) is 0 Å². The van der Waals surface area contributed by atoms with E-state index in [-0.39, 0.29) is 11.8 Å². The van der Waals surface area contributed by atoms with E-state index in [0.717, 1.165) is 25.1 Å². The van der Waals surface area contributed by atoms with Crippen LogP contribution in [0.1, 0.15) is 35.2 Å². The zero-order valence-corrected chi connectivity index (χ0v) is 13.2. The Morgan fingerprint density at radius 2 is 2.09 bits per heavy atom. The van der Waals surface area contributed by atoms with E-state index in [1.165, 1.54) is 6.42 Å². The Kier molecular flexibility index (Phi) is 6.40. The van der Waals surface area contributed by atoms with Gasteiger partial charge in [0, 0.05) is 25.1 Å². The van der Waals surface area contributed by atoms with Crippen molar-refractivity contribution in [3.8, 4) is 0 Å². The molecule has 1 atom stereocenters. The molecule has 0 aromatic heterocycles. The predicted molar refractivity (Wildman–Crippen MR) is 86.7 cm³/mol. The van der Waals surface area contributed by atoms with Gasteiger partial charge in [-0.3, -0.25) is 9.59 Å². The number of rotatable bonds is 7. The van der Waals surface area contributed by atoms with Crippen molar-refractivity contribution < 1.29 is 9.59 Å². The fraction of sp³-hybridized carbons (Fsp3) is 0.529. The summed E-state index contributed by atoms with van der Waals surface area (Å²) >= 11 is 0. The molecule has 0 spiro atoms. The quantitative estimate of drug-likeness (QED) is 0.664. The summed E-state index contributed by atoms with van der Waals surface area (Å²) in [5, 5.41) is 8.97. The van der Waals surface area contributed by atoms with Gasteiger partial charge >= 0.3 is 0 Å². The highest BCUT2D eigenvalue weighted by atomic mass is 16.2. The second-order valence-corrected chi connectivity index (χ2v) is 5.87. The normalized spacial score (nSPS) is 17.2. The molecule has 1 aliphatic rings. The van der Waals surface area contributed by atoms with Crippen LogP contribution in [0.25, 0.3) is 0 Å². The Labute approximate surface area is 131 Å². The second-order valence-electron chi connectivity index (χ2n) is 5.87. The Bertz CT molecular complexity index is 510. The maximum Gasteiger partial charge on any atom is 0.251 e. The monoisotopic (exact) mass is 303 g/mol. The van der Waals surface area contributed by atoms with E-state index in [1.807, 2.05) is 25.1 Å². The van der Waals surface area contributed by atoms with E-state index in [2.05, 4.69) is 16.0 Å². The molecule has 1 heterocycles. The summed E-state index contributed by atoms with van der Waals surface area (Å²) in [6.07, 6.45) is 2.67. The Morgan fingerprint density at radius 1 is 1.27 bits per heavy atom. The average Bonchev–Trinajstić information content (AvgIpc) is 3.02. The van der Waals surface area contributed by atoms with E-state index < -0.39 is 0 Å². The van der Waals surface area contributed by atoms with Crippen molar-refractivity contribution in [1.82, 2.24) is 16.0 Å². The first-order valence-electron chi connectivity index (χ1n) is 7.97. The van der Waals surface area contributed by atoms with Crippen LogP contribution in [0.5, 0.6) is 0 Å². The topological polar surface area (TPSA) is 70.2 Å². The maximum atomic E-state index is 11.9. The van der Waals surface area contributed by atoms with Crippen molar-refractivity contribution in [2.45, 2.75) is 26.2 Å². The van der Waals surface area contributed by atoms with Crippen molar-refractivity contribution in [2.24, 2.45) is 5.92 Å². The molecule has 0 aliphatic carbocycles. The molecule has 5 heteroatoms. The molecule has 2 rings (SSSR count). The molecular formula is C17H25N3O2. The van der Waals surface area contributed by atoms with Gasteiger partial charge < -0.3 is 16.0 Å². The largest absolute Gasteiger partial charge is 0.354 e. The van der Waals surface area contributed by atoms with Gasteiger partial charge in [-0.05, 0) is 50.9 Å². The summed E-state index contributed by atoms with van der Waals surface area (Å²) in [7, 11) is 0. The molecule has 120 valence electrons. The molecule has 5 nitrogen and oxygen atoms in total. The molecule has 2 amide bonds. The first kappa shape index (κ1) is 16.5. The number of hydrogen-bond donors (Lipinski definition) is 3. The molecule has 1 unspecified atom stereocenters. The second kappa shape index (κ2) is 8.54. The number of amides is 2. The lowest BCUT2D eigenvalue weighted by molar-refractivity contribution is -0.121. The van der Waals surface area contributed by atoms with Gasteiger partial charge in [0.25, 0.3) is 5.91 Å². The molecule has 1 aromatic rings. The predicted octanol–water partition coefficient (Wildman–Crippen LogP) is 1.23. The minimum atomic E-state index is -0.102. The summed E-state index contributed by atoms with van der Waals surface area (Å²) in [5.41, 5.74) is 1.71. The number of carbonyl (C=O) groups is 2. The van der Waals surface area contributed by atoms with E-state index >= 15 is 0 Å². The first-order chi connectivity index (χ1) is 10.6. The van der Waals surface area contributed by atoms with E-state index in [4.69, 9.17) is 0 Å². The van der Waals surface area contributed by atoms with Crippen molar-refractivity contribution in [2.75, 3.05) is 26.2 Å². The number of benzene rings is 1.